The Hall–Kier alpha value is -2.08. The average molecular weight is 341 g/mol. The Morgan fingerprint density at radius 3 is 1.42 bits per heavy atom. The Bertz CT molecular complexity index is 819. The van der Waals surface area contributed by atoms with Crippen molar-refractivity contribution in [3.8, 4) is 0 Å². The van der Waals surface area contributed by atoms with Crippen LogP contribution in [-0.2, 0) is 12.8 Å². The fourth-order valence-electron chi connectivity index (χ4n) is 4.66. The van der Waals surface area contributed by atoms with Gasteiger partial charge >= 0.3 is 0 Å². The highest BCUT2D eigenvalue weighted by Crippen LogP contribution is 2.45. The first-order valence-corrected chi connectivity index (χ1v) is 9.97. The predicted molar refractivity (Wildman–Crippen MR) is 113 cm³/mol. The Balaban J connectivity index is 1.57. The molecule has 0 atom stereocenters. The van der Waals surface area contributed by atoms with Gasteiger partial charge < -0.3 is 0 Å². The van der Waals surface area contributed by atoms with Crippen LogP contribution in [0, 0.1) is 11.8 Å². The fraction of sp³-hybridized carbons (Fsp3) is 0.308. The Labute approximate surface area is 158 Å². The lowest BCUT2D eigenvalue weighted by molar-refractivity contribution is 0.819. The van der Waals surface area contributed by atoms with E-state index in [1.54, 1.807) is 0 Å². The van der Waals surface area contributed by atoms with Crippen LogP contribution >= 0.6 is 0 Å². The van der Waals surface area contributed by atoms with Crippen LogP contribution in [0.3, 0.4) is 0 Å². The van der Waals surface area contributed by atoms with Gasteiger partial charge in [0.25, 0.3) is 0 Å². The van der Waals surface area contributed by atoms with E-state index in [0.29, 0.717) is 0 Å². The molecule has 0 saturated carbocycles. The molecule has 2 aromatic rings. The highest BCUT2D eigenvalue weighted by atomic mass is 14.3. The Morgan fingerprint density at radius 1 is 0.615 bits per heavy atom. The molecule has 132 valence electrons. The molecule has 0 spiro atoms. The number of hydrogen-bond acceptors (Lipinski definition) is 0. The van der Waals surface area contributed by atoms with Gasteiger partial charge in [-0.1, -0.05) is 73.5 Å². The van der Waals surface area contributed by atoms with Crippen molar-refractivity contribution in [1.29, 1.82) is 0 Å². The molecule has 0 N–H and O–H groups in total. The van der Waals surface area contributed by atoms with Crippen molar-refractivity contribution in [2.45, 2.75) is 53.4 Å². The van der Waals surface area contributed by atoms with Crippen molar-refractivity contribution in [2.75, 3.05) is 0 Å². The predicted octanol–water partition coefficient (Wildman–Crippen LogP) is 6.97. The van der Waals surface area contributed by atoms with Crippen molar-refractivity contribution in [2.24, 2.45) is 0 Å². The van der Waals surface area contributed by atoms with Gasteiger partial charge in [0.2, 0.25) is 0 Å². The minimum atomic E-state index is 1.10. The van der Waals surface area contributed by atoms with E-state index < -0.39 is 0 Å². The quantitative estimate of drug-likeness (QED) is 0.551. The number of benzene rings is 2. The molecule has 0 bridgehead atoms. The standard InChI is InChI=1S/C26H28/c1-5-19-9-7-11-23-21(17(3)15-25(19)23)13-14-22-18(4)16-26-20(6-2)10-8-12-24(22)26/h7-12,15-16H,5-6,13-14H2,1-4H3. The second kappa shape index (κ2) is 6.91. The zero-order chi connectivity index (χ0) is 18.3. The van der Waals surface area contributed by atoms with Crippen molar-refractivity contribution in [3.63, 3.8) is 0 Å². The molecular weight excluding hydrogens is 312 g/mol. The van der Waals surface area contributed by atoms with Gasteiger partial charge in [-0.3, -0.25) is 0 Å². The van der Waals surface area contributed by atoms with Crippen LogP contribution in [0.2, 0.25) is 0 Å². The van der Waals surface area contributed by atoms with Crippen LogP contribution in [0.25, 0.3) is 12.2 Å². The first kappa shape index (κ1) is 17.3. The summed E-state index contributed by atoms with van der Waals surface area (Å²) in [5.74, 6) is 3.08. The zero-order valence-electron chi connectivity index (χ0n) is 16.4. The topological polar surface area (TPSA) is 0 Å². The summed E-state index contributed by atoms with van der Waals surface area (Å²) >= 11 is 0. The molecule has 0 nitrogen and oxygen atoms in total. The Morgan fingerprint density at radius 2 is 1.04 bits per heavy atom. The van der Waals surface area contributed by atoms with Crippen molar-refractivity contribution >= 4 is 12.2 Å². The van der Waals surface area contributed by atoms with Gasteiger partial charge in [0.05, 0.1) is 0 Å². The van der Waals surface area contributed by atoms with Crippen LogP contribution in [0.5, 0.6) is 0 Å². The van der Waals surface area contributed by atoms with Crippen molar-refractivity contribution in [3.05, 3.63) is 92.8 Å². The molecule has 0 heteroatoms. The lowest BCUT2D eigenvalue weighted by Gasteiger charge is -2.19. The summed E-state index contributed by atoms with van der Waals surface area (Å²) in [7, 11) is 0. The molecule has 0 aromatic heterocycles. The highest BCUT2D eigenvalue weighted by Gasteiger charge is 2.29. The molecule has 0 heterocycles. The molecule has 2 aliphatic rings. The normalized spacial score (nSPS) is 16.5. The van der Waals surface area contributed by atoms with Gasteiger partial charge in [-0.05, 0) is 72.9 Å². The second-order valence-electron chi connectivity index (χ2n) is 7.58. The monoisotopic (exact) mass is 340 g/mol. The SMILES string of the molecule is CCc1cccc2c1C=C(C)[C]2CC[C]1C(C)=Cc2c(CC)cccc21. The van der Waals surface area contributed by atoms with Crippen molar-refractivity contribution < 1.29 is 0 Å². The minimum Gasteiger partial charge on any atom is -0.0616 e. The number of allylic oxidation sites excluding steroid dienone is 2. The molecular formula is C26H28. The summed E-state index contributed by atoms with van der Waals surface area (Å²) in [5, 5.41) is 0. The third-order valence-electron chi connectivity index (χ3n) is 6.10. The molecule has 0 fully saturated rings. The van der Waals surface area contributed by atoms with Gasteiger partial charge in [0, 0.05) is 11.8 Å². The molecule has 0 amide bonds. The molecule has 4 rings (SSSR count). The van der Waals surface area contributed by atoms with E-state index in [2.05, 4.69) is 76.2 Å². The largest absolute Gasteiger partial charge is 0.0616 e. The van der Waals surface area contributed by atoms with E-state index in [0.717, 1.165) is 25.7 Å². The first-order valence-electron chi connectivity index (χ1n) is 9.97. The maximum Gasteiger partial charge on any atom is 0.0303 e. The summed E-state index contributed by atoms with van der Waals surface area (Å²) in [6.07, 6.45) is 9.25. The summed E-state index contributed by atoms with van der Waals surface area (Å²) in [6, 6.07) is 13.6. The van der Waals surface area contributed by atoms with Crippen LogP contribution in [0.1, 0.15) is 73.9 Å². The number of rotatable bonds is 5. The molecule has 2 aromatic carbocycles. The molecule has 26 heavy (non-hydrogen) atoms. The smallest absolute Gasteiger partial charge is 0.0303 e. The fourth-order valence-corrected chi connectivity index (χ4v) is 4.66. The number of aryl methyl sites for hydroxylation is 2. The molecule has 0 saturated heterocycles. The Kier molecular flexibility index (Phi) is 4.61. The van der Waals surface area contributed by atoms with E-state index in [4.69, 9.17) is 0 Å². The van der Waals surface area contributed by atoms with Gasteiger partial charge in [0.15, 0.2) is 0 Å². The summed E-state index contributed by atoms with van der Waals surface area (Å²) in [4.78, 5) is 0. The lowest BCUT2D eigenvalue weighted by atomic mass is 9.84. The lowest BCUT2D eigenvalue weighted by Crippen LogP contribution is -2.05. The third kappa shape index (κ3) is 2.76. The molecule has 2 aliphatic carbocycles. The van der Waals surface area contributed by atoms with Gasteiger partial charge in [-0.25, -0.2) is 0 Å². The number of fused-ring (bicyclic) bond motifs is 2. The number of hydrogen-bond donors (Lipinski definition) is 0. The maximum atomic E-state index is 2.40. The highest BCUT2D eigenvalue weighted by molar-refractivity contribution is 5.77. The van der Waals surface area contributed by atoms with E-state index in [9.17, 15) is 0 Å². The zero-order valence-corrected chi connectivity index (χ0v) is 16.4. The van der Waals surface area contributed by atoms with Crippen molar-refractivity contribution in [1.82, 2.24) is 0 Å². The van der Waals surface area contributed by atoms with Crippen LogP contribution in [-0.4, -0.2) is 0 Å². The molecule has 0 unspecified atom stereocenters. The minimum absolute atomic E-state index is 1.10. The summed E-state index contributed by atoms with van der Waals surface area (Å²) in [5.41, 5.74) is 11.7. The van der Waals surface area contributed by atoms with E-state index in [-0.39, 0.29) is 0 Å². The van der Waals surface area contributed by atoms with E-state index in [1.165, 1.54) is 56.4 Å². The summed E-state index contributed by atoms with van der Waals surface area (Å²) < 4.78 is 0. The van der Waals surface area contributed by atoms with Crippen LogP contribution in [0.15, 0.2) is 47.5 Å². The molecule has 0 aliphatic heterocycles. The van der Waals surface area contributed by atoms with Gasteiger partial charge in [0.1, 0.15) is 0 Å². The van der Waals surface area contributed by atoms with Crippen LogP contribution < -0.4 is 0 Å². The molecule has 2 radical (unpaired) electrons. The second-order valence-corrected chi connectivity index (χ2v) is 7.58. The summed E-state index contributed by atoms with van der Waals surface area (Å²) in [6.45, 7) is 9.06. The van der Waals surface area contributed by atoms with E-state index in [1.807, 2.05) is 0 Å². The maximum absolute atomic E-state index is 2.40. The average Bonchev–Trinajstić information content (AvgIpc) is 3.15. The van der Waals surface area contributed by atoms with Gasteiger partial charge in [-0.2, -0.15) is 0 Å². The van der Waals surface area contributed by atoms with Gasteiger partial charge in [-0.15, -0.1) is 0 Å². The van der Waals surface area contributed by atoms with Crippen LogP contribution in [0.4, 0.5) is 0 Å². The first-order chi connectivity index (χ1) is 12.6. The third-order valence-corrected chi connectivity index (χ3v) is 6.10. The van der Waals surface area contributed by atoms with E-state index >= 15 is 0 Å².